The predicted molar refractivity (Wildman–Crippen MR) is 75.4 cm³/mol. The Labute approximate surface area is 109 Å². The van der Waals surface area contributed by atoms with E-state index in [1.807, 2.05) is 18.3 Å². The fourth-order valence-corrected chi connectivity index (χ4v) is 2.12. The molecule has 2 rings (SSSR count). The van der Waals surface area contributed by atoms with E-state index in [1.54, 1.807) is 0 Å². The van der Waals surface area contributed by atoms with Gasteiger partial charge in [0, 0.05) is 17.9 Å². The first-order valence-corrected chi connectivity index (χ1v) is 6.45. The maximum Gasteiger partial charge on any atom is 0.0404 e. The number of rotatable bonds is 5. The molecule has 94 valence electrons. The van der Waals surface area contributed by atoms with Crippen LogP contribution in [0.2, 0.25) is 0 Å². The number of aryl methyl sites for hydroxylation is 2. The molecule has 0 spiro atoms. The standard InChI is InChI=1S/C16H20N2/c1-13-5-4-6-14(11-13)12-15(17)8-9-16-7-2-3-10-18-16/h2-7,10-11,15H,8-9,12,17H2,1H3. The summed E-state index contributed by atoms with van der Waals surface area (Å²) in [5, 5.41) is 0. The maximum atomic E-state index is 6.18. The van der Waals surface area contributed by atoms with Gasteiger partial charge in [-0.1, -0.05) is 35.9 Å². The van der Waals surface area contributed by atoms with Crippen molar-refractivity contribution in [2.75, 3.05) is 0 Å². The van der Waals surface area contributed by atoms with E-state index in [0.29, 0.717) is 0 Å². The van der Waals surface area contributed by atoms with Crippen LogP contribution in [0.15, 0.2) is 48.7 Å². The lowest BCUT2D eigenvalue weighted by atomic mass is 10.0. The average molecular weight is 240 g/mol. The molecule has 0 bridgehead atoms. The number of nitrogens with two attached hydrogens (primary N) is 1. The lowest BCUT2D eigenvalue weighted by Crippen LogP contribution is -2.23. The summed E-state index contributed by atoms with van der Waals surface area (Å²) in [6, 6.07) is 14.8. The number of hydrogen-bond acceptors (Lipinski definition) is 2. The topological polar surface area (TPSA) is 38.9 Å². The van der Waals surface area contributed by atoms with Gasteiger partial charge in [-0.2, -0.15) is 0 Å². The summed E-state index contributed by atoms with van der Waals surface area (Å²) in [5.74, 6) is 0. The van der Waals surface area contributed by atoms with E-state index in [-0.39, 0.29) is 6.04 Å². The Morgan fingerprint density at radius 2 is 2.06 bits per heavy atom. The quantitative estimate of drug-likeness (QED) is 0.872. The zero-order valence-electron chi connectivity index (χ0n) is 10.8. The highest BCUT2D eigenvalue weighted by molar-refractivity contribution is 5.23. The fourth-order valence-electron chi connectivity index (χ4n) is 2.12. The van der Waals surface area contributed by atoms with Crippen LogP contribution in [0.25, 0.3) is 0 Å². The van der Waals surface area contributed by atoms with Crippen LogP contribution >= 0.6 is 0 Å². The molecule has 1 aromatic carbocycles. The SMILES string of the molecule is Cc1cccc(CC(N)CCc2ccccn2)c1. The third-order valence-corrected chi connectivity index (χ3v) is 3.08. The Balaban J connectivity index is 1.84. The summed E-state index contributed by atoms with van der Waals surface area (Å²) in [6.07, 6.45) is 4.70. The highest BCUT2D eigenvalue weighted by atomic mass is 14.7. The van der Waals surface area contributed by atoms with Crippen molar-refractivity contribution in [2.24, 2.45) is 5.73 Å². The number of aromatic nitrogens is 1. The summed E-state index contributed by atoms with van der Waals surface area (Å²) >= 11 is 0. The molecule has 0 radical (unpaired) electrons. The molecule has 18 heavy (non-hydrogen) atoms. The number of nitrogens with zero attached hydrogens (tertiary/aromatic N) is 1. The molecule has 2 nitrogen and oxygen atoms in total. The van der Waals surface area contributed by atoms with Crippen molar-refractivity contribution in [3.63, 3.8) is 0 Å². The molecule has 0 aliphatic heterocycles. The molecular formula is C16H20N2. The van der Waals surface area contributed by atoms with E-state index in [9.17, 15) is 0 Å². The molecule has 0 saturated heterocycles. The van der Waals surface area contributed by atoms with Gasteiger partial charge in [-0.15, -0.1) is 0 Å². The van der Waals surface area contributed by atoms with Crippen LogP contribution in [0.5, 0.6) is 0 Å². The van der Waals surface area contributed by atoms with Gasteiger partial charge in [0.15, 0.2) is 0 Å². The maximum absolute atomic E-state index is 6.18. The van der Waals surface area contributed by atoms with E-state index < -0.39 is 0 Å². The Morgan fingerprint density at radius 1 is 1.17 bits per heavy atom. The van der Waals surface area contributed by atoms with E-state index in [4.69, 9.17) is 5.73 Å². The van der Waals surface area contributed by atoms with Crippen LogP contribution in [0, 0.1) is 6.92 Å². The van der Waals surface area contributed by atoms with Crippen molar-refractivity contribution in [3.8, 4) is 0 Å². The van der Waals surface area contributed by atoms with Crippen molar-refractivity contribution in [2.45, 2.75) is 32.2 Å². The molecule has 0 amide bonds. The van der Waals surface area contributed by atoms with Crippen LogP contribution in [0.4, 0.5) is 0 Å². The zero-order valence-corrected chi connectivity index (χ0v) is 10.8. The lowest BCUT2D eigenvalue weighted by Gasteiger charge is -2.11. The molecule has 1 aromatic heterocycles. The van der Waals surface area contributed by atoms with Gasteiger partial charge in [0.1, 0.15) is 0 Å². The summed E-state index contributed by atoms with van der Waals surface area (Å²) in [7, 11) is 0. The molecule has 0 fully saturated rings. The lowest BCUT2D eigenvalue weighted by molar-refractivity contribution is 0.605. The van der Waals surface area contributed by atoms with Crippen LogP contribution in [0.1, 0.15) is 23.2 Å². The largest absolute Gasteiger partial charge is 0.327 e. The number of hydrogen-bond donors (Lipinski definition) is 1. The third kappa shape index (κ3) is 3.97. The Bertz CT molecular complexity index is 479. The minimum atomic E-state index is 0.203. The molecule has 2 heteroatoms. The highest BCUT2D eigenvalue weighted by Crippen LogP contribution is 2.09. The third-order valence-electron chi connectivity index (χ3n) is 3.08. The molecule has 0 aliphatic carbocycles. The van der Waals surface area contributed by atoms with Crippen molar-refractivity contribution < 1.29 is 0 Å². The number of benzene rings is 1. The van der Waals surface area contributed by atoms with Crippen molar-refractivity contribution in [1.82, 2.24) is 4.98 Å². The van der Waals surface area contributed by atoms with E-state index in [1.165, 1.54) is 11.1 Å². The first-order chi connectivity index (χ1) is 8.74. The summed E-state index contributed by atoms with van der Waals surface area (Å²) in [5.41, 5.74) is 9.92. The van der Waals surface area contributed by atoms with Gasteiger partial charge in [-0.25, -0.2) is 0 Å². The van der Waals surface area contributed by atoms with Crippen LogP contribution < -0.4 is 5.73 Å². The first kappa shape index (κ1) is 12.8. The van der Waals surface area contributed by atoms with E-state index in [0.717, 1.165) is 25.0 Å². The van der Waals surface area contributed by atoms with Gasteiger partial charge >= 0.3 is 0 Å². The van der Waals surface area contributed by atoms with Crippen molar-refractivity contribution in [1.29, 1.82) is 0 Å². The van der Waals surface area contributed by atoms with Crippen LogP contribution in [-0.4, -0.2) is 11.0 Å². The zero-order chi connectivity index (χ0) is 12.8. The highest BCUT2D eigenvalue weighted by Gasteiger charge is 2.05. The van der Waals surface area contributed by atoms with Gasteiger partial charge < -0.3 is 5.73 Å². The molecular weight excluding hydrogens is 220 g/mol. The van der Waals surface area contributed by atoms with Gasteiger partial charge in [-0.05, 0) is 43.9 Å². The molecule has 0 aliphatic rings. The van der Waals surface area contributed by atoms with Gasteiger partial charge in [0.05, 0.1) is 0 Å². The summed E-state index contributed by atoms with van der Waals surface area (Å²) < 4.78 is 0. The number of pyridine rings is 1. The Kier molecular flexibility index (Phi) is 4.48. The summed E-state index contributed by atoms with van der Waals surface area (Å²) in [6.45, 7) is 2.11. The molecule has 2 N–H and O–H groups in total. The minimum Gasteiger partial charge on any atom is -0.327 e. The van der Waals surface area contributed by atoms with Crippen molar-refractivity contribution in [3.05, 3.63) is 65.5 Å². The predicted octanol–water partition coefficient (Wildman–Crippen LogP) is 2.89. The van der Waals surface area contributed by atoms with Gasteiger partial charge in [0.25, 0.3) is 0 Å². The summed E-state index contributed by atoms with van der Waals surface area (Å²) in [4.78, 5) is 4.32. The molecule has 2 aromatic rings. The first-order valence-electron chi connectivity index (χ1n) is 6.45. The van der Waals surface area contributed by atoms with Crippen LogP contribution in [0.3, 0.4) is 0 Å². The fraction of sp³-hybridized carbons (Fsp3) is 0.312. The van der Waals surface area contributed by atoms with E-state index >= 15 is 0 Å². The normalized spacial score (nSPS) is 12.3. The molecule has 1 atom stereocenters. The molecule has 1 heterocycles. The second-order valence-corrected chi connectivity index (χ2v) is 4.81. The molecule has 1 unspecified atom stereocenters. The van der Waals surface area contributed by atoms with E-state index in [2.05, 4.69) is 42.2 Å². The second-order valence-electron chi connectivity index (χ2n) is 4.81. The van der Waals surface area contributed by atoms with Crippen molar-refractivity contribution >= 4 is 0 Å². The van der Waals surface area contributed by atoms with Crippen LogP contribution in [-0.2, 0) is 12.8 Å². The second kappa shape index (κ2) is 6.31. The van der Waals surface area contributed by atoms with Gasteiger partial charge in [-0.3, -0.25) is 4.98 Å². The molecule has 0 saturated carbocycles. The Hall–Kier alpha value is -1.67. The smallest absolute Gasteiger partial charge is 0.0404 e. The Morgan fingerprint density at radius 3 is 2.78 bits per heavy atom. The van der Waals surface area contributed by atoms with Gasteiger partial charge in [0.2, 0.25) is 0 Å². The minimum absolute atomic E-state index is 0.203. The monoisotopic (exact) mass is 240 g/mol. The average Bonchev–Trinajstić information content (AvgIpc) is 2.38.